The van der Waals surface area contributed by atoms with Gasteiger partial charge >= 0.3 is 0 Å². The summed E-state index contributed by atoms with van der Waals surface area (Å²) in [5.41, 5.74) is 5.67. The summed E-state index contributed by atoms with van der Waals surface area (Å²) in [6.07, 6.45) is 0. The number of hydrogen-bond donors (Lipinski definition) is 0. The van der Waals surface area contributed by atoms with Crippen molar-refractivity contribution >= 4 is 40.4 Å². The highest BCUT2D eigenvalue weighted by molar-refractivity contribution is 7.12. The topological polar surface area (TPSA) is 32.8 Å². The zero-order valence-electron chi connectivity index (χ0n) is 19.2. The third-order valence-electron chi connectivity index (χ3n) is 5.90. The Labute approximate surface area is 209 Å². The molecule has 0 atom stereocenters. The van der Waals surface area contributed by atoms with Crippen LogP contribution in [0.3, 0.4) is 0 Å². The van der Waals surface area contributed by atoms with Crippen molar-refractivity contribution in [2.75, 3.05) is 26.2 Å². The molecule has 174 valence electrons. The van der Waals surface area contributed by atoms with Crippen molar-refractivity contribution in [1.29, 1.82) is 0 Å². The number of halogens is 2. The van der Waals surface area contributed by atoms with E-state index in [0.29, 0.717) is 29.7 Å². The number of piperazine rings is 1. The molecule has 4 rings (SSSR count). The smallest absolute Gasteiger partial charge is 0.264 e. The predicted molar refractivity (Wildman–Crippen MR) is 137 cm³/mol. The van der Waals surface area contributed by atoms with Crippen molar-refractivity contribution in [3.05, 3.63) is 84.5 Å². The maximum absolute atomic E-state index is 13.0. The van der Waals surface area contributed by atoms with Gasteiger partial charge < -0.3 is 9.64 Å². The minimum Gasteiger partial charge on any atom is -0.488 e. The van der Waals surface area contributed by atoms with Gasteiger partial charge in [-0.1, -0.05) is 47.0 Å². The summed E-state index contributed by atoms with van der Waals surface area (Å²) >= 11 is 13.6. The zero-order valence-corrected chi connectivity index (χ0v) is 21.5. The van der Waals surface area contributed by atoms with Gasteiger partial charge in [-0.3, -0.25) is 9.69 Å². The molecule has 3 aromatic rings. The minimum absolute atomic E-state index is 0.100. The molecule has 0 bridgehead atoms. The molecule has 33 heavy (non-hydrogen) atoms. The number of benzene rings is 2. The lowest BCUT2D eigenvalue weighted by Crippen LogP contribution is -2.48. The molecule has 2 aromatic carbocycles. The monoisotopic (exact) mass is 502 g/mol. The fraction of sp³-hybridized carbons (Fsp3) is 0.346. The second-order valence-electron chi connectivity index (χ2n) is 8.65. The molecule has 1 aromatic heterocycles. The summed E-state index contributed by atoms with van der Waals surface area (Å²) < 4.78 is 6.09. The van der Waals surface area contributed by atoms with Crippen LogP contribution in [0.1, 0.15) is 37.5 Å². The number of hydrogen-bond acceptors (Lipinski definition) is 4. The van der Waals surface area contributed by atoms with Crippen molar-refractivity contribution in [2.24, 2.45) is 0 Å². The molecule has 0 saturated carbocycles. The third kappa shape index (κ3) is 5.90. The number of nitrogens with zero attached hydrogens (tertiary/aromatic N) is 2. The lowest BCUT2D eigenvalue weighted by Gasteiger charge is -2.34. The first-order chi connectivity index (χ1) is 15.8. The zero-order chi connectivity index (χ0) is 23.5. The number of rotatable bonds is 6. The Morgan fingerprint density at radius 2 is 1.64 bits per heavy atom. The van der Waals surface area contributed by atoms with Crippen LogP contribution in [0.5, 0.6) is 5.75 Å². The summed E-state index contributed by atoms with van der Waals surface area (Å²) in [6.45, 7) is 10.6. The Bertz CT molecular complexity index is 1130. The molecule has 7 heteroatoms. The van der Waals surface area contributed by atoms with E-state index in [9.17, 15) is 4.79 Å². The van der Waals surface area contributed by atoms with Crippen molar-refractivity contribution < 1.29 is 9.53 Å². The van der Waals surface area contributed by atoms with Gasteiger partial charge in [0, 0.05) is 38.3 Å². The highest BCUT2D eigenvalue weighted by Crippen LogP contribution is 2.27. The first-order valence-corrected chi connectivity index (χ1v) is 12.7. The third-order valence-corrected chi connectivity index (χ3v) is 7.61. The molecule has 0 N–H and O–H groups in total. The van der Waals surface area contributed by atoms with E-state index in [-0.39, 0.29) is 5.91 Å². The average molecular weight is 503 g/mol. The normalized spacial score (nSPS) is 14.5. The first-order valence-electron chi connectivity index (χ1n) is 11.0. The number of carbonyl (C=O) groups excluding carboxylic acids is 1. The fourth-order valence-electron chi connectivity index (χ4n) is 4.27. The van der Waals surface area contributed by atoms with Gasteiger partial charge in [-0.05, 0) is 61.0 Å². The van der Waals surface area contributed by atoms with Gasteiger partial charge in [0.1, 0.15) is 12.4 Å². The molecule has 1 saturated heterocycles. The second-order valence-corrected chi connectivity index (χ2v) is 10.4. The van der Waals surface area contributed by atoms with Gasteiger partial charge in [-0.25, -0.2) is 0 Å². The maximum Gasteiger partial charge on any atom is 0.264 e. The van der Waals surface area contributed by atoms with Gasteiger partial charge in [0.2, 0.25) is 0 Å². The summed E-state index contributed by atoms with van der Waals surface area (Å²) in [5.74, 6) is 1.03. The molecule has 1 fully saturated rings. The van der Waals surface area contributed by atoms with E-state index >= 15 is 0 Å². The van der Waals surface area contributed by atoms with Gasteiger partial charge in [-0.15, -0.1) is 11.3 Å². The average Bonchev–Trinajstić information content (AvgIpc) is 3.25. The molecule has 0 unspecified atom stereocenters. The fourth-order valence-corrected chi connectivity index (χ4v) is 5.46. The lowest BCUT2D eigenvalue weighted by atomic mass is 10.1. The van der Waals surface area contributed by atoms with E-state index in [1.165, 1.54) is 16.9 Å². The van der Waals surface area contributed by atoms with Crippen molar-refractivity contribution in [1.82, 2.24) is 9.80 Å². The number of carbonyl (C=O) groups is 1. The van der Waals surface area contributed by atoms with E-state index in [4.69, 9.17) is 27.9 Å². The van der Waals surface area contributed by atoms with Gasteiger partial charge in [0.25, 0.3) is 5.91 Å². The molecule has 2 heterocycles. The highest BCUT2D eigenvalue weighted by atomic mass is 35.5. The van der Waals surface area contributed by atoms with Gasteiger partial charge in [-0.2, -0.15) is 0 Å². The summed E-state index contributed by atoms with van der Waals surface area (Å²) in [7, 11) is 0. The van der Waals surface area contributed by atoms with E-state index in [1.54, 1.807) is 0 Å². The van der Waals surface area contributed by atoms with E-state index in [1.807, 2.05) is 34.5 Å². The second kappa shape index (κ2) is 10.5. The van der Waals surface area contributed by atoms with Crippen LogP contribution in [0.4, 0.5) is 0 Å². The minimum atomic E-state index is 0.100. The number of thiophene rings is 1. The van der Waals surface area contributed by atoms with Crippen molar-refractivity contribution in [3.63, 3.8) is 0 Å². The first kappa shape index (κ1) is 24.1. The summed E-state index contributed by atoms with van der Waals surface area (Å²) in [5, 5.41) is 3.17. The van der Waals surface area contributed by atoms with Crippen LogP contribution in [0.2, 0.25) is 10.0 Å². The van der Waals surface area contributed by atoms with Crippen molar-refractivity contribution in [3.8, 4) is 5.75 Å². The maximum atomic E-state index is 13.0. The van der Waals surface area contributed by atoms with Crippen LogP contribution in [0.25, 0.3) is 0 Å². The number of ether oxygens (including phenoxy) is 1. The molecule has 0 radical (unpaired) electrons. The molecule has 1 aliphatic heterocycles. The Morgan fingerprint density at radius 1 is 0.939 bits per heavy atom. The predicted octanol–water partition coefficient (Wildman–Crippen LogP) is 6.52. The van der Waals surface area contributed by atoms with E-state index < -0.39 is 0 Å². The number of aryl methyl sites for hydroxylation is 3. The van der Waals surface area contributed by atoms with Crippen LogP contribution < -0.4 is 4.74 Å². The Balaban J connectivity index is 1.30. The van der Waals surface area contributed by atoms with Crippen LogP contribution in [0.15, 0.2) is 41.8 Å². The van der Waals surface area contributed by atoms with Gasteiger partial charge in [0.15, 0.2) is 0 Å². The molecule has 4 nitrogen and oxygen atoms in total. The van der Waals surface area contributed by atoms with Crippen LogP contribution >= 0.6 is 34.5 Å². The van der Waals surface area contributed by atoms with Crippen LogP contribution in [0, 0.1) is 20.8 Å². The largest absolute Gasteiger partial charge is 0.488 e. The molecule has 0 spiro atoms. The summed E-state index contributed by atoms with van der Waals surface area (Å²) in [6, 6.07) is 12.0. The van der Waals surface area contributed by atoms with Crippen LogP contribution in [-0.4, -0.2) is 41.9 Å². The quantitative estimate of drug-likeness (QED) is 0.384. The van der Waals surface area contributed by atoms with E-state index in [0.717, 1.165) is 52.5 Å². The molecule has 1 aliphatic rings. The number of amides is 1. The standard InChI is InChI=1S/C26H28Cl2N2O2S/c1-17-10-18(2)25(19(3)11-17)32-15-21-13-24(33-16-21)26(31)30-8-6-29(7-9-30)14-20-4-5-22(27)23(28)12-20/h4-5,10-13,16H,6-9,14-15H2,1-3H3. The highest BCUT2D eigenvalue weighted by Gasteiger charge is 2.23. The Morgan fingerprint density at radius 3 is 2.30 bits per heavy atom. The molecular formula is C26H28Cl2N2O2S. The lowest BCUT2D eigenvalue weighted by molar-refractivity contribution is 0.0633. The molecule has 0 aliphatic carbocycles. The van der Waals surface area contributed by atoms with Crippen molar-refractivity contribution in [2.45, 2.75) is 33.9 Å². The Kier molecular flexibility index (Phi) is 7.65. The molecule has 1 amide bonds. The van der Waals surface area contributed by atoms with Gasteiger partial charge in [0.05, 0.1) is 14.9 Å². The SMILES string of the molecule is Cc1cc(C)c(OCc2csc(C(=O)N3CCN(Cc4ccc(Cl)c(Cl)c4)CC3)c2)c(C)c1. The van der Waals surface area contributed by atoms with E-state index in [2.05, 4.69) is 37.8 Å². The Hall–Kier alpha value is -2.05. The molecular weight excluding hydrogens is 475 g/mol. The van der Waals surface area contributed by atoms with Crippen LogP contribution in [-0.2, 0) is 13.2 Å². The summed E-state index contributed by atoms with van der Waals surface area (Å²) in [4.78, 5) is 18.1.